The SMILES string of the molecule is Cc1cccc(C(=O)N2C[C@@H]3OC(=O)N(CCc4cccc(Cl)c4)[C@@H]3C2)n1. The summed E-state index contributed by atoms with van der Waals surface area (Å²) in [6.45, 7) is 3.25. The first kappa shape index (κ1) is 17.8. The van der Waals surface area contributed by atoms with E-state index in [0.717, 1.165) is 11.3 Å². The summed E-state index contributed by atoms with van der Waals surface area (Å²) in [5.74, 6) is -0.126. The van der Waals surface area contributed by atoms with Gasteiger partial charge >= 0.3 is 6.09 Å². The molecular formula is C20H20ClN3O3. The Balaban J connectivity index is 1.43. The number of rotatable bonds is 4. The van der Waals surface area contributed by atoms with E-state index in [1.165, 1.54) is 0 Å². The Kier molecular flexibility index (Phi) is 4.74. The van der Waals surface area contributed by atoms with Crippen molar-refractivity contribution in [3.63, 3.8) is 0 Å². The van der Waals surface area contributed by atoms with E-state index in [0.29, 0.717) is 36.8 Å². The molecule has 140 valence electrons. The van der Waals surface area contributed by atoms with Crippen molar-refractivity contribution in [1.82, 2.24) is 14.8 Å². The summed E-state index contributed by atoms with van der Waals surface area (Å²) in [5.41, 5.74) is 2.29. The van der Waals surface area contributed by atoms with Crippen LogP contribution in [-0.4, -0.2) is 58.6 Å². The fourth-order valence-electron chi connectivity index (χ4n) is 3.69. The molecule has 0 radical (unpaired) electrons. The van der Waals surface area contributed by atoms with Crippen LogP contribution in [0.5, 0.6) is 0 Å². The molecule has 2 aromatic rings. The maximum atomic E-state index is 12.7. The smallest absolute Gasteiger partial charge is 0.410 e. The monoisotopic (exact) mass is 385 g/mol. The standard InChI is InChI=1S/C20H20ClN3O3/c1-13-4-2-7-16(22-13)19(25)23-11-17-18(12-23)27-20(26)24(17)9-8-14-5-3-6-15(21)10-14/h2-7,10,17-18H,8-9,11-12H2,1H3/t17-,18+/m1/s1. The molecule has 0 N–H and O–H groups in total. The summed E-state index contributed by atoms with van der Waals surface area (Å²) < 4.78 is 5.50. The van der Waals surface area contributed by atoms with Gasteiger partial charge in [0.25, 0.3) is 5.91 Å². The topological polar surface area (TPSA) is 62.7 Å². The van der Waals surface area contributed by atoms with Gasteiger partial charge in [-0.3, -0.25) is 9.69 Å². The van der Waals surface area contributed by atoms with Crippen LogP contribution in [0.15, 0.2) is 42.5 Å². The van der Waals surface area contributed by atoms with E-state index in [1.54, 1.807) is 15.9 Å². The summed E-state index contributed by atoms with van der Waals surface area (Å²) >= 11 is 6.03. The van der Waals surface area contributed by atoms with E-state index in [9.17, 15) is 9.59 Å². The first-order chi connectivity index (χ1) is 13.0. The summed E-state index contributed by atoms with van der Waals surface area (Å²) in [5, 5.41) is 0.678. The number of nitrogens with zero attached hydrogens (tertiary/aromatic N) is 3. The number of carbonyl (C=O) groups excluding carboxylic acids is 2. The number of carbonyl (C=O) groups is 2. The first-order valence-electron chi connectivity index (χ1n) is 8.96. The normalized spacial score (nSPS) is 21.3. The van der Waals surface area contributed by atoms with E-state index < -0.39 is 0 Å². The molecule has 1 aromatic heterocycles. The van der Waals surface area contributed by atoms with Gasteiger partial charge in [0, 0.05) is 23.8 Å². The number of aryl methyl sites for hydroxylation is 1. The molecule has 2 aliphatic rings. The molecule has 0 unspecified atom stereocenters. The number of hydrogen-bond donors (Lipinski definition) is 0. The average molecular weight is 386 g/mol. The second kappa shape index (κ2) is 7.19. The molecule has 7 heteroatoms. The van der Waals surface area contributed by atoms with Gasteiger partial charge < -0.3 is 9.64 Å². The van der Waals surface area contributed by atoms with Crippen molar-refractivity contribution < 1.29 is 14.3 Å². The minimum atomic E-state index is -0.312. The van der Waals surface area contributed by atoms with Gasteiger partial charge in [0.15, 0.2) is 0 Å². The van der Waals surface area contributed by atoms with Crippen molar-refractivity contribution in [1.29, 1.82) is 0 Å². The zero-order valence-corrected chi connectivity index (χ0v) is 15.7. The van der Waals surface area contributed by atoms with Crippen molar-refractivity contribution in [2.45, 2.75) is 25.5 Å². The van der Waals surface area contributed by atoms with Crippen LogP contribution in [0.25, 0.3) is 0 Å². The third kappa shape index (κ3) is 3.62. The maximum Gasteiger partial charge on any atom is 0.410 e. The zero-order valence-electron chi connectivity index (χ0n) is 15.0. The lowest BCUT2D eigenvalue weighted by atomic mass is 10.1. The summed E-state index contributed by atoms with van der Waals surface area (Å²) in [6.07, 6.45) is 0.0881. The van der Waals surface area contributed by atoms with Crippen molar-refractivity contribution in [3.05, 3.63) is 64.4 Å². The van der Waals surface area contributed by atoms with Gasteiger partial charge in [0.05, 0.1) is 12.6 Å². The molecule has 2 saturated heterocycles. The predicted octanol–water partition coefficient (Wildman–Crippen LogP) is 2.93. The molecule has 2 aliphatic heterocycles. The molecule has 0 aliphatic carbocycles. The first-order valence-corrected chi connectivity index (χ1v) is 9.34. The van der Waals surface area contributed by atoms with Gasteiger partial charge in [-0.2, -0.15) is 0 Å². The van der Waals surface area contributed by atoms with Crippen molar-refractivity contribution in [3.8, 4) is 0 Å². The highest BCUT2D eigenvalue weighted by molar-refractivity contribution is 6.30. The number of fused-ring (bicyclic) bond motifs is 1. The fraction of sp³-hybridized carbons (Fsp3) is 0.350. The number of pyridine rings is 1. The second-order valence-electron chi connectivity index (χ2n) is 6.94. The molecule has 0 bridgehead atoms. The number of aromatic nitrogens is 1. The lowest BCUT2D eigenvalue weighted by molar-refractivity contribution is 0.0722. The molecule has 2 atom stereocenters. The Bertz CT molecular complexity index is 888. The number of ether oxygens (including phenoxy) is 1. The van der Waals surface area contributed by atoms with Gasteiger partial charge in [0.2, 0.25) is 0 Å². The molecule has 27 heavy (non-hydrogen) atoms. The van der Waals surface area contributed by atoms with Gasteiger partial charge in [-0.1, -0.05) is 29.8 Å². The lowest BCUT2D eigenvalue weighted by Gasteiger charge is -2.22. The van der Waals surface area contributed by atoms with Crippen molar-refractivity contribution in [2.24, 2.45) is 0 Å². The van der Waals surface area contributed by atoms with E-state index in [4.69, 9.17) is 16.3 Å². The molecule has 1 aromatic carbocycles. The predicted molar refractivity (Wildman–Crippen MR) is 101 cm³/mol. The minimum absolute atomic E-state index is 0.120. The van der Waals surface area contributed by atoms with Crippen molar-refractivity contribution >= 4 is 23.6 Å². The molecule has 0 spiro atoms. The van der Waals surface area contributed by atoms with Crippen LogP contribution in [0.1, 0.15) is 21.7 Å². The van der Waals surface area contributed by atoms with Crippen LogP contribution >= 0.6 is 11.6 Å². The molecule has 2 amide bonds. The Labute approximate surface area is 162 Å². The van der Waals surface area contributed by atoms with E-state index in [1.807, 2.05) is 43.3 Å². The zero-order chi connectivity index (χ0) is 19.0. The average Bonchev–Trinajstić information content (AvgIpc) is 3.16. The summed E-state index contributed by atoms with van der Waals surface area (Å²) in [6, 6.07) is 12.9. The highest BCUT2D eigenvalue weighted by Crippen LogP contribution is 2.28. The lowest BCUT2D eigenvalue weighted by Crippen LogP contribution is -2.40. The second-order valence-corrected chi connectivity index (χ2v) is 7.37. The number of halogens is 1. The molecule has 0 saturated carbocycles. The third-order valence-electron chi connectivity index (χ3n) is 5.05. The molecule has 3 heterocycles. The Hall–Kier alpha value is -2.60. The Morgan fingerprint density at radius 2 is 2.07 bits per heavy atom. The van der Waals surface area contributed by atoms with Gasteiger partial charge in [-0.25, -0.2) is 9.78 Å². The van der Waals surface area contributed by atoms with Gasteiger partial charge in [0.1, 0.15) is 11.8 Å². The van der Waals surface area contributed by atoms with Crippen molar-refractivity contribution in [2.75, 3.05) is 19.6 Å². The third-order valence-corrected chi connectivity index (χ3v) is 5.28. The van der Waals surface area contributed by atoms with Crippen LogP contribution in [0, 0.1) is 6.92 Å². The molecular weight excluding hydrogens is 366 g/mol. The number of likely N-dealkylation sites (tertiary alicyclic amines) is 1. The number of amides is 2. The van der Waals surface area contributed by atoms with E-state index in [-0.39, 0.29) is 24.1 Å². The Morgan fingerprint density at radius 1 is 1.26 bits per heavy atom. The molecule has 6 nitrogen and oxygen atoms in total. The largest absolute Gasteiger partial charge is 0.442 e. The number of benzene rings is 1. The number of hydrogen-bond acceptors (Lipinski definition) is 4. The van der Waals surface area contributed by atoms with E-state index >= 15 is 0 Å². The van der Waals surface area contributed by atoms with Crippen LogP contribution in [-0.2, 0) is 11.2 Å². The molecule has 2 fully saturated rings. The van der Waals surface area contributed by atoms with Gasteiger partial charge in [-0.05, 0) is 43.2 Å². The minimum Gasteiger partial charge on any atom is -0.442 e. The van der Waals surface area contributed by atoms with Crippen LogP contribution < -0.4 is 0 Å². The van der Waals surface area contributed by atoms with Crippen LogP contribution in [0.4, 0.5) is 4.79 Å². The van der Waals surface area contributed by atoms with E-state index in [2.05, 4.69) is 4.98 Å². The molecule has 4 rings (SSSR count). The quantitative estimate of drug-likeness (QED) is 0.811. The summed E-state index contributed by atoms with van der Waals surface area (Å²) in [7, 11) is 0. The van der Waals surface area contributed by atoms with Crippen LogP contribution in [0.3, 0.4) is 0 Å². The highest BCUT2D eigenvalue weighted by atomic mass is 35.5. The Morgan fingerprint density at radius 3 is 2.85 bits per heavy atom. The highest BCUT2D eigenvalue weighted by Gasteiger charge is 2.48. The summed E-state index contributed by atoms with van der Waals surface area (Å²) in [4.78, 5) is 32.7. The van der Waals surface area contributed by atoms with Crippen LogP contribution in [0.2, 0.25) is 5.02 Å². The van der Waals surface area contributed by atoms with Gasteiger partial charge in [-0.15, -0.1) is 0 Å². The maximum absolute atomic E-state index is 12.7. The fourth-order valence-corrected chi connectivity index (χ4v) is 3.91.